The van der Waals surface area contributed by atoms with Crippen molar-refractivity contribution in [2.24, 2.45) is 0 Å². The maximum atomic E-state index is 13.4. The number of para-hydroxylation sites is 2. The smallest absolute Gasteiger partial charge is 0.271 e. The van der Waals surface area contributed by atoms with Gasteiger partial charge in [0.05, 0.1) is 0 Å². The fourth-order valence-electron chi connectivity index (χ4n) is 5.40. The van der Waals surface area contributed by atoms with Gasteiger partial charge in [-0.15, -0.1) is 0 Å². The molecule has 0 radical (unpaired) electrons. The van der Waals surface area contributed by atoms with E-state index < -0.39 is 17.6 Å². The van der Waals surface area contributed by atoms with E-state index in [0.29, 0.717) is 11.6 Å². The Labute approximate surface area is 243 Å². The van der Waals surface area contributed by atoms with Gasteiger partial charge in [-0.1, -0.05) is 92.2 Å². The van der Waals surface area contributed by atoms with Crippen LogP contribution in [0.1, 0.15) is 81.3 Å². The maximum Gasteiger partial charge on any atom is 0.271 e. The highest BCUT2D eigenvalue weighted by atomic mass is 32.1. The van der Waals surface area contributed by atoms with Gasteiger partial charge in [0.1, 0.15) is 15.9 Å². The third-order valence-corrected chi connectivity index (χ3v) is 9.89. The van der Waals surface area contributed by atoms with Crippen molar-refractivity contribution in [3.05, 3.63) is 75.5 Å². The van der Waals surface area contributed by atoms with Gasteiger partial charge in [0.25, 0.3) is 10.0 Å². The fourth-order valence-corrected chi connectivity index (χ4v) is 7.75. The van der Waals surface area contributed by atoms with Crippen LogP contribution < -0.4 is 19.5 Å². The number of hydrogen-bond acceptors (Lipinski definition) is 6. The zero-order chi connectivity index (χ0) is 28.1. The Hall–Kier alpha value is -2.91. The maximum absolute atomic E-state index is 13.4. The summed E-state index contributed by atoms with van der Waals surface area (Å²) in [7, 11) is 0. The summed E-state index contributed by atoms with van der Waals surface area (Å²) in [4.78, 5) is 18.1. The van der Waals surface area contributed by atoms with Crippen LogP contribution in [0.2, 0.25) is 0 Å². The number of thiazole rings is 2. The number of rotatable bonds is 14. The van der Waals surface area contributed by atoms with Crippen LogP contribution in [0.15, 0.2) is 65.4 Å². The van der Waals surface area contributed by atoms with Gasteiger partial charge in [0.2, 0.25) is 11.0 Å². The van der Waals surface area contributed by atoms with Gasteiger partial charge in [0, 0.05) is 42.2 Å². The van der Waals surface area contributed by atoms with Crippen molar-refractivity contribution in [1.82, 2.24) is 0 Å². The molecule has 6 nitrogen and oxygen atoms in total. The molecule has 2 aromatic heterocycles. The Morgan fingerprint density at radius 3 is 2.00 bits per heavy atom. The van der Waals surface area contributed by atoms with Gasteiger partial charge in [-0.25, -0.2) is 0 Å². The van der Waals surface area contributed by atoms with Gasteiger partial charge < -0.3 is 15.3 Å². The van der Waals surface area contributed by atoms with Crippen molar-refractivity contribution >= 4 is 55.0 Å². The van der Waals surface area contributed by atoms with Crippen molar-refractivity contribution in [2.45, 2.75) is 84.4 Å². The molecule has 0 saturated carbocycles. The minimum atomic E-state index is -1.22. The Balaban J connectivity index is 1.49. The average molecular weight is 577 g/mol. The molecule has 0 aliphatic heterocycles. The van der Waals surface area contributed by atoms with E-state index in [2.05, 4.69) is 40.0 Å². The molecule has 4 aromatic rings. The van der Waals surface area contributed by atoms with E-state index in [-0.39, 0.29) is 11.1 Å². The molecule has 2 heterocycles. The number of aromatic nitrogens is 2. The number of unbranched alkanes of at least 4 members (excludes halogenated alkanes) is 6. The van der Waals surface area contributed by atoms with E-state index in [0.717, 1.165) is 76.9 Å². The summed E-state index contributed by atoms with van der Waals surface area (Å²) in [5.41, 5.74) is 2.16. The van der Waals surface area contributed by atoms with Crippen LogP contribution in [0.4, 0.5) is 0 Å². The number of hydrogen-bond donors (Lipinski definition) is 0. The van der Waals surface area contributed by atoms with Gasteiger partial charge in [0.15, 0.2) is 18.4 Å². The largest absolute Gasteiger partial charge is 0.872 e. The van der Waals surface area contributed by atoms with Crippen molar-refractivity contribution in [3.8, 4) is 0 Å². The monoisotopic (exact) mass is 576 g/mol. The van der Waals surface area contributed by atoms with Gasteiger partial charge in [-0.2, -0.15) is 9.13 Å². The number of carbonyl (C=O) groups is 1. The molecule has 0 N–H and O–H groups in total. The normalized spacial score (nSPS) is 15.5. The van der Waals surface area contributed by atoms with Gasteiger partial charge >= 0.3 is 0 Å². The average Bonchev–Trinajstić information content (AvgIpc) is 3.52. The molecule has 1 aliphatic rings. The Morgan fingerprint density at radius 2 is 1.40 bits per heavy atom. The number of benzene rings is 2. The number of fused-ring (bicyclic) bond motifs is 2. The third-order valence-electron chi connectivity index (χ3n) is 7.57. The second-order valence-corrected chi connectivity index (χ2v) is 12.5. The first kappa shape index (κ1) is 28.6. The molecular weight excluding hydrogens is 540 g/mol. The SMILES string of the molecule is CCCCCC[n+]1c(/C=C2\C(=O)C(C(O[O-])c3sc4ccccc4[n+]3CCCCCC)=C2[O-])sc2ccccc21. The molecule has 8 heteroatoms. The molecule has 0 saturated heterocycles. The van der Waals surface area contributed by atoms with Crippen molar-refractivity contribution < 1.29 is 29.2 Å². The highest BCUT2D eigenvalue weighted by molar-refractivity contribution is 7.19. The van der Waals surface area contributed by atoms with Crippen LogP contribution >= 0.6 is 22.7 Å². The minimum absolute atomic E-state index is 0.0641. The number of carbonyl (C=O) groups excluding carboxylic acids is 1. The molecule has 2 aromatic carbocycles. The summed E-state index contributed by atoms with van der Waals surface area (Å²) >= 11 is 2.99. The van der Waals surface area contributed by atoms with E-state index in [4.69, 9.17) is 0 Å². The molecule has 0 bridgehead atoms. The van der Waals surface area contributed by atoms with Crippen LogP contribution in [-0.4, -0.2) is 5.78 Å². The van der Waals surface area contributed by atoms with Crippen LogP contribution in [0.5, 0.6) is 0 Å². The van der Waals surface area contributed by atoms with E-state index in [1.165, 1.54) is 17.8 Å². The first-order chi connectivity index (χ1) is 19.6. The number of nitrogens with zero attached hydrogens (tertiary/aromatic N) is 2. The van der Waals surface area contributed by atoms with E-state index in [9.17, 15) is 15.2 Å². The quantitative estimate of drug-likeness (QED) is 0.0656. The Bertz CT molecular complexity index is 1570. The summed E-state index contributed by atoms with van der Waals surface area (Å²) in [6, 6.07) is 16.1. The minimum Gasteiger partial charge on any atom is -0.872 e. The molecule has 1 unspecified atom stereocenters. The lowest BCUT2D eigenvalue weighted by molar-refractivity contribution is -0.725. The summed E-state index contributed by atoms with van der Waals surface area (Å²) in [6.07, 6.45) is 9.29. The summed E-state index contributed by atoms with van der Waals surface area (Å²) < 4.78 is 6.38. The Morgan fingerprint density at radius 1 is 0.825 bits per heavy atom. The lowest BCUT2D eigenvalue weighted by Crippen LogP contribution is -2.43. The van der Waals surface area contributed by atoms with Crippen molar-refractivity contribution in [3.63, 3.8) is 0 Å². The first-order valence-corrected chi connectivity index (χ1v) is 16.0. The topological polar surface area (TPSA) is 80.2 Å². The third kappa shape index (κ3) is 5.63. The van der Waals surface area contributed by atoms with E-state index >= 15 is 0 Å². The van der Waals surface area contributed by atoms with Gasteiger partial charge in [-0.3, -0.25) is 4.79 Å². The predicted molar refractivity (Wildman–Crippen MR) is 156 cm³/mol. The van der Waals surface area contributed by atoms with Crippen molar-refractivity contribution in [1.29, 1.82) is 0 Å². The number of Topliss-reactive ketones (excluding diaryl/α,β-unsaturated/α-hetero) is 1. The highest BCUT2D eigenvalue weighted by Gasteiger charge is 2.40. The molecule has 0 amide bonds. The van der Waals surface area contributed by atoms with Crippen LogP contribution in [0.3, 0.4) is 0 Å². The van der Waals surface area contributed by atoms with Crippen LogP contribution in [0.25, 0.3) is 26.5 Å². The van der Waals surface area contributed by atoms with Crippen molar-refractivity contribution in [2.75, 3.05) is 0 Å². The highest BCUT2D eigenvalue weighted by Crippen LogP contribution is 2.40. The van der Waals surface area contributed by atoms with Gasteiger partial charge in [-0.05, 0) is 25.0 Å². The summed E-state index contributed by atoms with van der Waals surface area (Å²) in [6.45, 7) is 5.89. The van der Waals surface area contributed by atoms with Crippen LogP contribution in [-0.2, 0) is 22.8 Å². The zero-order valence-corrected chi connectivity index (χ0v) is 24.8. The molecule has 1 atom stereocenters. The Kier molecular flexibility index (Phi) is 9.42. The summed E-state index contributed by atoms with van der Waals surface area (Å²) in [5.74, 6) is -0.786. The molecule has 5 rings (SSSR count). The number of ketones is 1. The lowest BCUT2D eigenvalue weighted by Gasteiger charge is -2.34. The first-order valence-electron chi connectivity index (χ1n) is 14.4. The molecule has 0 fully saturated rings. The van der Waals surface area contributed by atoms with E-state index in [1.807, 2.05) is 36.4 Å². The molecule has 1 aliphatic carbocycles. The standard InChI is InChI=1S/C32H36N2O4S2/c1-3-5-7-13-19-33-23-15-9-11-17-25(23)39-27(33)21-22-29(35)28(30(22)36)31(38-37)32-34(20-14-8-6-4-2)24-16-10-12-18-26(24)40-32/h9-12,15-18,21,31H,3-8,13-14,19-20H2,1-2H3. The second-order valence-electron chi connectivity index (χ2n) is 10.3. The van der Waals surface area contributed by atoms with E-state index in [1.54, 1.807) is 17.4 Å². The fraction of sp³-hybridized carbons (Fsp3) is 0.406. The molecule has 40 heavy (non-hydrogen) atoms. The lowest BCUT2D eigenvalue weighted by atomic mass is 9.84. The molecular formula is C32H36N2O4S2. The second kappa shape index (κ2) is 13.2. The van der Waals surface area contributed by atoms with Crippen LogP contribution in [0, 0.1) is 0 Å². The molecule has 0 spiro atoms. The predicted octanol–water partition coefficient (Wildman–Crippen LogP) is 5.47. The zero-order valence-electron chi connectivity index (χ0n) is 23.2. The number of allylic oxidation sites excluding steroid dienone is 1. The summed E-state index contributed by atoms with van der Waals surface area (Å²) in [5, 5.41) is 27.0. The molecule has 210 valence electrons. The number of aryl methyl sites for hydroxylation is 2.